The van der Waals surface area contributed by atoms with Crippen LogP contribution in [0.3, 0.4) is 0 Å². The van der Waals surface area contributed by atoms with Crippen molar-refractivity contribution < 1.29 is 19.0 Å². The van der Waals surface area contributed by atoms with Gasteiger partial charge in [0.15, 0.2) is 11.6 Å². The first kappa shape index (κ1) is 12.8. The highest BCUT2D eigenvalue weighted by atomic mass is 19.1. The van der Waals surface area contributed by atoms with Gasteiger partial charge >= 0.3 is 5.97 Å². The van der Waals surface area contributed by atoms with Crippen molar-refractivity contribution in [3.63, 3.8) is 0 Å². The highest BCUT2D eigenvalue weighted by Gasteiger charge is 2.15. The van der Waals surface area contributed by atoms with Gasteiger partial charge in [-0.2, -0.15) is 0 Å². The van der Waals surface area contributed by atoms with E-state index in [1.165, 1.54) is 12.1 Å². The molecule has 0 spiro atoms. The SMILES string of the molecule is O=C(O)c1ccc(OCC2CCCNC2)c(F)c1. The molecule has 18 heavy (non-hydrogen) atoms. The largest absolute Gasteiger partial charge is 0.490 e. The lowest BCUT2D eigenvalue weighted by Gasteiger charge is -2.22. The number of halogens is 1. The summed E-state index contributed by atoms with van der Waals surface area (Å²) in [4.78, 5) is 10.7. The Kier molecular flexibility index (Phi) is 4.15. The van der Waals surface area contributed by atoms with Crippen LogP contribution in [0.25, 0.3) is 0 Å². The van der Waals surface area contributed by atoms with Crippen LogP contribution >= 0.6 is 0 Å². The maximum Gasteiger partial charge on any atom is 0.335 e. The number of aromatic carboxylic acids is 1. The number of hydrogen-bond acceptors (Lipinski definition) is 3. The first-order valence-electron chi connectivity index (χ1n) is 6.03. The van der Waals surface area contributed by atoms with Gasteiger partial charge in [-0.1, -0.05) is 0 Å². The van der Waals surface area contributed by atoms with E-state index in [4.69, 9.17) is 9.84 Å². The highest BCUT2D eigenvalue weighted by molar-refractivity contribution is 5.87. The molecule has 1 unspecified atom stereocenters. The zero-order chi connectivity index (χ0) is 13.0. The normalized spacial score (nSPS) is 19.5. The molecule has 0 radical (unpaired) electrons. The molecular formula is C13H16FNO3. The molecule has 1 atom stereocenters. The van der Waals surface area contributed by atoms with Crippen LogP contribution in [0, 0.1) is 11.7 Å². The Hall–Kier alpha value is -1.62. The Morgan fingerprint density at radius 2 is 2.39 bits per heavy atom. The lowest BCUT2D eigenvalue weighted by molar-refractivity contribution is 0.0696. The fraction of sp³-hybridized carbons (Fsp3) is 0.462. The van der Waals surface area contributed by atoms with Crippen molar-refractivity contribution in [2.24, 2.45) is 5.92 Å². The van der Waals surface area contributed by atoms with E-state index in [1.807, 2.05) is 0 Å². The Bertz CT molecular complexity index is 430. The number of piperidine rings is 1. The van der Waals surface area contributed by atoms with Gasteiger partial charge in [0.05, 0.1) is 12.2 Å². The molecule has 98 valence electrons. The molecule has 0 aliphatic carbocycles. The van der Waals surface area contributed by atoms with Crippen LogP contribution in [-0.2, 0) is 0 Å². The van der Waals surface area contributed by atoms with Gasteiger partial charge in [0.1, 0.15) is 0 Å². The third kappa shape index (κ3) is 3.20. The van der Waals surface area contributed by atoms with Crippen molar-refractivity contribution in [2.45, 2.75) is 12.8 Å². The third-order valence-corrected chi connectivity index (χ3v) is 3.05. The number of rotatable bonds is 4. The van der Waals surface area contributed by atoms with Gasteiger partial charge in [-0.15, -0.1) is 0 Å². The lowest BCUT2D eigenvalue weighted by Crippen LogP contribution is -2.33. The fourth-order valence-electron chi connectivity index (χ4n) is 2.02. The van der Waals surface area contributed by atoms with E-state index in [0.29, 0.717) is 12.5 Å². The minimum absolute atomic E-state index is 0.0702. The lowest BCUT2D eigenvalue weighted by atomic mass is 10.0. The van der Waals surface area contributed by atoms with Crippen LogP contribution in [0.15, 0.2) is 18.2 Å². The van der Waals surface area contributed by atoms with Gasteiger partial charge in [0, 0.05) is 12.5 Å². The van der Waals surface area contributed by atoms with Crippen molar-refractivity contribution in [1.82, 2.24) is 5.32 Å². The molecule has 5 heteroatoms. The topological polar surface area (TPSA) is 58.6 Å². The molecule has 1 aliphatic heterocycles. The molecule has 4 nitrogen and oxygen atoms in total. The number of carbonyl (C=O) groups is 1. The minimum Gasteiger partial charge on any atom is -0.490 e. The summed E-state index contributed by atoms with van der Waals surface area (Å²) in [6, 6.07) is 3.70. The van der Waals surface area contributed by atoms with Crippen LogP contribution in [0.2, 0.25) is 0 Å². The van der Waals surface area contributed by atoms with Crippen molar-refractivity contribution in [3.8, 4) is 5.75 Å². The van der Waals surface area contributed by atoms with Crippen LogP contribution in [0.5, 0.6) is 5.75 Å². The van der Waals surface area contributed by atoms with Gasteiger partial charge in [-0.25, -0.2) is 9.18 Å². The fourth-order valence-corrected chi connectivity index (χ4v) is 2.02. The molecule has 1 fully saturated rings. The second-order valence-corrected chi connectivity index (χ2v) is 4.47. The average Bonchev–Trinajstić information content (AvgIpc) is 2.38. The maximum atomic E-state index is 13.6. The first-order chi connectivity index (χ1) is 8.66. The number of benzene rings is 1. The Labute approximate surface area is 105 Å². The average molecular weight is 253 g/mol. The number of carboxylic acids is 1. The molecule has 0 amide bonds. The van der Waals surface area contributed by atoms with Crippen LogP contribution in [-0.4, -0.2) is 30.8 Å². The third-order valence-electron chi connectivity index (χ3n) is 3.05. The standard InChI is InChI=1S/C13H16FNO3/c14-11-6-10(13(16)17)3-4-12(11)18-8-9-2-1-5-15-7-9/h3-4,6,9,15H,1-2,5,7-8H2,(H,16,17). The van der Waals surface area contributed by atoms with Crippen LogP contribution in [0.1, 0.15) is 23.2 Å². The van der Waals surface area contributed by atoms with E-state index in [1.54, 1.807) is 0 Å². The summed E-state index contributed by atoms with van der Waals surface area (Å²) in [7, 11) is 0. The maximum absolute atomic E-state index is 13.6. The van der Waals surface area contributed by atoms with Crippen molar-refractivity contribution in [1.29, 1.82) is 0 Å². The van der Waals surface area contributed by atoms with Crippen molar-refractivity contribution in [3.05, 3.63) is 29.6 Å². The summed E-state index contributed by atoms with van der Waals surface area (Å²) in [5.74, 6) is -1.27. The first-order valence-corrected chi connectivity index (χ1v) is 6.03. The molecule has 0 aromatic heterocycles. The highest BCUT2D eigenvalue weighted by Crippen LogP contribution is 2.20. The molecule has 1 aliphatic rings. The summed E-state index contributed by atoms with van der Waals surface area (Å²) in [6.45, 7) is 2.36. The summed E-state index contributed by atoms with van der Waals surface area (Å²) in [5, 5.41) is 12.0. The minimum atomic E-state index is -1.14. The van der Waals surface area contributed by atoms with E-state index in [2.05, 4.69) is 5.32 Å². The van der Waals surface area contributed by atoms with Gasteiger partial charge in [0.25, 0.3) is 0 Å². The molecule has 1 heterocycles. The number of nitrogens with one attached hydrogen (secondary N) is 1. The molecule has 0 saturated carbocycles. The molecular weight excluding hydrogens is 237 g/mol. The van der Waals surface area contributed by atoms with E-state index in [-0.39, 0.29) is 11.3 Å². The Morgan fingerprint density at radius 3 is 3.00 bits per heavy atom. The molecule has 2 N–H and O–H groups in total. The zero-order valence-corrected chi connectivity index (χ0v) is 9.99. The Morgan fingerprint density at radius 1 is 1.56 bits per heavy atom. The zero-order valence-electron chi connectivity index (χ0n) is 9.99. The van der Waals surface area contributed by atoms with Crippen molar-refractivity contribution >= 4 is 5.97 Å². The summed E-state index contributed by atoms with van der Waals surface area (Å²) in [6.07, 6.45) is 2.18. The second-order valence-electron chi connectivity index (χ2n) is 4.47. The van der Waals surface area contributed by atoms with E-state index < -0.39 is 11.8 Å². The van der Waals surface area contributed by atoms with Gasteiger partial charge in [-0.05, 0) is 37.6 Å². The van der Waals surface area contributed by atoms with E-state index in [9.17, 15) is 9.18 Å². The van der Waals surface area contributed by atoms with Gasteiger partial charge in [-0.3, -0.25) is 0 Å². The number of carboxylic acid groups (broad SMARTS) is 1. The van der Waals surface area contributed by atoms with Crippen LogP contribution < -0.4 is 10.1 Å². The van der Waals surface area contributed by atoms with E-state index >= 15 is 0 Å². The van der Waals surface area contributed by atoms with Crippen molar-refractivity contribution in [2.75, 3.05) is 19.7 Å². The second kappa shape index (κ2) is 5.82. The monoisotopic (exact) mass is 253 g/mol. The van der Waals surface area contributed by atoms with Crippen LogP contribution in [0.4, 0.5) is 4.39 Å². The van der Waals surface area contributed by atoms with E-state index in [0.717, 1.165) is 32.0 Å². The molecule has 0 bridgehead atoms. The summed E-state index contributed by atoms with van der Waals surface area (Å²) in [5.41, 5.74) is -0.0702. The van der Waals surface area contributed by atoms with Gasteiger partial charge < -0.3 is 15.2 Å². The molecule has 1 aromatic carbocycles. The summed E-state index contributed by atoms with van der Waals surface area (Å²) < 4.78 is 19.0. The van der Waals surface area contributed by atoms with Gasteiger partial charge in [0.2, 0.25) is 0 Å². The number of hydrogen-bond donors (Lipinski definition) is 2. The number of ether oxygens (including phenoxy) is 1. The Balaban J connectivity index is 1.94. The molecule has 1 aromatic rings. The molecule has 1 saturated heterocycles. The predicted octanol–water partition coefficient (Wildman–Crippen LogP) is 1.90. The predicted molar refractivity (Wildman–Crippen MR) is 64.4 cm³/mol. The smallest absolute Gasteiger partial charge is 0.335 e. The molecule has 2 rings (SSSR count). The summed E-state index contributed by atoms with van der Waals surface area (Å²) >= 11 is 0. The quantitative estimate of drug-likeness (QED) is 0.860.